The number of ether oxygens (including phenoxy) is 1. The monoisotopic (exact) mass is 330 g/mol. The van der Waals surface area contributed by atoms with Crippen molar-refractivity contribution in [1.29, 1.82) is 0 Å². The lowest BCUT2D eigenvalue weighted by molar-refractivity contribution is 0.414. The van der Waals surface area contributed by atoms with Gasteiger partial charge in [0.05, 0.1) is 7.11 Å². The molecule has 0 aliphatic heterocycles. The van der Waals surface area contributed by atoms with E-state index in [1.165, 1.54) is 27.3 Å². The van der Waals surface area contributed by atoms with E-state index in [4.69, 9.17) is 12.3 Å². The first-order chi connectivity index (χ1) is 11.7. The molecule has 0 aliphatic carbocycles. The van der Waals surface area contributed by atoms with Crippen molar-refractivity contribution in [2.24, 2.45) is 0 Å². The van der Waals surface area contributed by atoms with Gasteiger partial charge in [0.1, 0.15) is 13.3 Å². The van der Waals surface area contributed by atoms with Gasteiger partial charge in [-0.25, -0.2) is 0 Å². The van der Waals surface area contributed by atoms with Crippen LogP contribution in [0.4, 0.5) is 0 Å². The van der Waals surface area contributed by atoms with Gasteiger partial charge in [-0.2, -0.15) is 0 Å². The van der Waals surface area contributed by atoms with E-state index in [0.717, 1.165) is 12.2 Å². The van der Waals surface area contributed by atoms with E-state index in [1.54, 1.807) is 7.11 Å². The Balaban J connectivity index is 1.91. The molecule has 0 spiro atoms. The number of hydrogen-bond donors (Lipinski definition) is 0. The lowest BCUT2D eigenvalue weighted by Gasteiger charge is -2.20. The molecule has 0 saturated carbocycles. The molecule has 1 atom stereocenters. The summed E-state index contributed by atoms with van der Waals surface area (Å²) in [6, 6.07) is 25.1. The first kappa shape index (κ1) is 16.8. The van der Waals surface area contributed by atoms with E-state index < -0.39 is 7.80 Å². The SMILES string of the molecule is [B]P(c1ccccc1C)c1ccccc1Cc1ccc(OC)cc1. The van der Waals surface area contributed by atoms with Crippen molar-refractivity contribution in [2.45, 2.75) is 13.3 Å². The number of methoxy groups -OCH3 is 1. The smallest absolute Gasteiger partial charge is 0.121 e. The maximum absolute atomic E-state index is 6.66. The van der Waals surface area contributed by atoms with E-state index in [-0.39, 0.29) is 0 Å². The molecule has 3 aromatic carbocycles. The average Bonchev–Trinajstić information content (AvgIpc) is 2.63. The first-order valence-electron chi connectivity index (χ1n) is 8.00. The highest BCUT2D eigenvalue weighted by Crippen LogP contribution is 2.31. The number of aryl methyl sites for hydroxylation is 1. The van der Waals surface area contributed by atoms with E-state index >= 15 is 0 Å². The molecule has 0 bridgehead atoms. The van der Waals surface area contributed by atoms with Gasteiger partial charge in [-0.1, -0.05) is 68.5 Å². The van der Waals surface area contributed by atoms with Gasteiger partial charge < -0.3 is 4.74 Å². The third-order valence-corrected chi connectivity index (χ3v) is 6.16. The minimum absolute atomic E-state index is 0.843. The molecule has 0 aromatic heterocycles. The lowest BCUT2D eigenvalue weighted by Crippen LogP contribution is -2.18. The summed E-state index contributed by atoms with van der Waals surface area (Å²) in [7, 11) is 7.51. The van der Waals surface area contributed by atoms with Crippen LogP contribution in [0, 0.1) is 6.92 Å². The van der Waals surface area contributed by atoms with Crippen LogP contribution >= 0.6 is 7.80 Å². The van der Waals surface area contributed by atoms with Crippen LogP contribution in [0.3, 0.4) is 0 Å². The van der Waals surface area contributed by atoms with Crippen molar-refractivity contribution in [3.63, 3.8) is 0 Å². The Bertz CT molecular complexity index is 814. The van der Waals surface area contributed by atoms with Gasteiger partial charge in [-0.15, -0.1) is 0 Å². The fourth-order valence-corrected chi connectivity index (χ4v) is 4.49. The second-order valence-electron chi connectivity index (χ2n) is 5.81. The van der Waals surface area contributed by atoms with Crippen LogP contribution in [-0.2, 0) is 6.42 Å². The molecule has 0 aliphatic rings. The van der Waals surface area contributed by atoms with Crippen molar-refractivity contribution < 1.29 is 4.74 Å². The Kier molecular flexibility index (Phi) is 5.38. The molecule has 1 nitrogen and oxygen atoms in total. The summed E-state index contributed by atoms with van der Waals surface area (Å²) in [6.45, 7) is 2.13. The molecule has 3 heteroatoms. The second kappa shape index (κ2) is 7.68. The van der Waals surface area contributed by atoms with E-state index in [9.17, 15) is 0 Å². The zero-order valence-corrected chi connectivity index (χ0v) is 15.0. The van der Waals surface area contributed by atoms with Crippen molar-refractivity contribution in [2.75, 3.05) is 7.11 Å². The summed E-state index contributed by atoms with van der Waals surface area (Å²) in [4.78, 5) is 0. The molecule has 3 rings (SSSR count). The van der Waals surface area contributed by atoms with Crippen LogP contribution in [0.25, 0.3) is 0 Å². The van der Waals surface area contributed by atoms with Crippen LogP contribution in [0.2, 0.25) is 0 Å². The third kappa shape index (κ3) is 3.71. The highest BCUT2D eigenvalue weighted by atomic mass is 31.1. The molecule has 1 unspecified atom stereocenters. The fraction of sp³-hybridized carbons (Fsp3) is 0.143. The summed E-state index contributed by atoms with van der Waals surface area (Å²) < 4.78 is 5.24. The Morgan fingerprint density at radius 1 is 0.833 bits per heavy atom. The van der Waals surface area contributed by atoms with Crippen molar-refractivity contribution in [1.82, 2.24) is 0 Å². The van der Waals surface area contributed by atoms with Gasteiger partial charge in [0.25, 0.3) is 0 Å². The zero-order valence-electron chi connectivity index (χ0n) is 14.1. The van der Waals surface area contributed by atoms with E-state index in [2.05, 4.69) is 67.6 Å². The van der Waals surface area contributed by atoms with Gasteiger partial charge in [-0.3, -0.25) is 0 Å². The predicted octanol–water partition coefficient (Wildman–Crippen LogP) is 4.11. The number of benzene rings is 3. The highest BCUT2D eigenvalue weighted by molar-refractivity contribution is 7.94. The molecule has 0 amide bonds. The minimum atomic E-state index is -0.843. The van der Waals surface area contributed by atoms with Crippen LogP contribution in [0.5, 0.6) is 5.75 Å². The summed E-state index contributed by atoms with van der Waals surface area (Å²) in [5, 5.41) is 2.49. The molecule has 0 fully saturated rings. The predicted molar refractivity (Wildman–Crippen MR) is 105 cm³/mol. The first-order valence-corrected chi connectivity index (χ1v) is 9.41. The lowest BCUT2D eigenvalue weighted by atomic mass is 10.0. The molecule has 2 radical (unpaired) electrons. The van der Waals surface area contributed by atoms with Crippen molar-refractivity contribution >= 4 is 26.0 Å². The summed E-state index contributed by atoms with van der Waals surface area (Å²) in [5.74, 6) is 0.882. The van der Waals surface area contributed by atoms with E-state index in [0.29, 0.717) is 0 Å². The topological polar surface area (TPSA) is 9.23 Å². The molecule has 0 N–H and O–H groups in total. The van der Waals surface area contributed by atoms with Gasteiger partial charge >= 0.3 is 0 Å². The standard InChI is InChI=1S/C21H20BOP/c1-16-7-3-5-9-20(16)24(22)21-10-6-4-8-18(21)15-17-11-13-19(23-2)14-12-17/h3-14H,15H2,1-2H3. The van der Waals surface area contributed by atoms with Gasteiger partial charge in [0, 0.05) is 0 Å². The Hall–Kier alpha value is -2.05. The number of rotatable bonds is 5. The maximum atomic E-state index is 6.66. The minimum Gasteiger partial charge on any atom is -0.497 e. The molecule has 0 saturated heterocycles. The van der Waals surface area contributed by atoms with Gasteiger partial charge in [-0.05, 0) is 52.8 Å². The van der Waals surface area contributed by atoms with Gasteiger partial charge in [0.2, 0.25) is 0 Å². The van der Waals surface area contributed by atoms with Crippen LogP contribution in [0.1, 0.15) is 16.7 Å². The molecule has 3 aromatic rings. The fourth-order valence-electron chi connectivity index (χ4n) is 2.82. The van der Waals surface area contributed by atoms with Crippen LogP contribution in [-0.4, -0.2) is 14.7 Å². The Morgan fingerprint density at radius 2 is 1.46 bits per heavy atom. The molecule has 24 heavy (non-hydrogen) atoms. The summed E-state index contributed by atoms with van der Waals surface area (Å²) >= 11 is 0. The normalized spacial score (nSPS) is 11.9. The third-order valence-electron chi connectivity index (χ3n) is 4.18. The largest absolute Gasteiger partial charge is 0.497 e. The Labute approximate surface area is 146 Å². The van der Waals surface area contributed by atoms with E-state index in [1.807, 2.05) is 12.1 Å². The number of hydrogen-bond acceptors (Lipinski definition) is 1. The van der Waals surface area contributed by atoms with Crippen LogP contribution < -0.4 is 15.3 Å². The molecular weight excluding hydrogens is 310 g/mol. The molecular formula is C21H20BOP. The molecule has 0 heterocycles. The summed E-state index contributed by atoms with van der Waals surface area (Å²) in [5.41, 5.74) is 3.81. The summed E-state index contributed by atoms with van der Waals surface area (Å²) in [6.07, 6.45) is 0.877. The highest BCUT2D eigenvalue weighted by Gasteiger charge is 2.13. The average molecular weight is 330 g/mol. The van der Waals surface area contributed by atoms with Crippen molar-refractivity contribution in [3.8, 4) is 5.75 Å². The van der Waals surface area contributed by atoms with Crippen molar-refractivity contribution in [3.05, 3.63) is 89.5 Å². The quantitative estimate of drug-likeness (QED) is 0.505. The maximum Gasteiger partial charge on any atom is 0.121 e. The Morgan fingerprint density at radius 3 is 2.12 bits per heavy atom. The zero-order chi connectivity index (χ0) is 16.9. The molecule has 118 valence electrons. The second-order valence-corrected chi connectivity index (χ2v) is 7.51. The van der Waals surface area contributed by atoms with Crippen LogP contribution in [0.15, 0.2) is 72.8 Å². The van der Waals surface area contributed by atoms with Gasteiger partial charge in [0.15, 0.2) is 0 Å².